The van der Waals surface area contributed by atoms with E-state index in [1.807, 2.05) is 0 Å². The van der Waals surface area contributed by atoms with Gasteiger partial charge in [0.05, 0.1) is 0 Å². The molecule has 88 valence electrons. The average Bonchev–Trinajstić information content (AvgIpc) is 2.25. The van der Waals surface area contributed by atoms with Crippen molar-refractivity contribution in [2.75, 3.05) is 13.1 Å². The molecule has 1 N–H and O–H groups in total. The van der Waals surface area contributed by atoms with Gasteiger partial charge in [-0.05, 0) is 43.5 Å². The highest BCUT2D eigenvalue weighted by molar-refractivity contribution is 5.53. The first-order valence-electron chi connectivity index (χ1n) is 6.13. The summed E-state index contributed by atoms with van der Waals surface area (Å²) in [5.74, 6) is 0.736. The topological polar surface area (TPSA) is 12.0 Å². The minimum Gasteiger partial charge on any atom is -0.316 e. The lowest BCUT2D eigenvalue weighted by atomic mass is 10.1. The minimum absolute atomic E-state index is 0.736. The third-order valence-electron chi connectivity index (χ3n) is 2.53. The first-order chi connectivity index (χ1) is 7.70. The van der Waals surface area contributed by atoms with Crippen molar-refractivity contribution in [3.63, 3.8) is 0 Å². The number of rotatable bonds is 6. The molecule has 0 aliphatic rings. The zero-order chi connectivity index (χ0) is 11.8. The van der Waals surface area contributed by atoms with E-state index in [4.69, 9.17) is 0 Å². The number of nitrogens with one attached hydrogen (secondary N) is 1. The third-order valence-corrected chi connectivity index (χ3v) is 2.53. The summed E-state index contributed by atoms with van der Waals surface area (Å²) in [4.78, 5) is 0. The van der Waals surface area contributed by atoms with Crippen molar-refractivity contribution in [3.05, 3.63) is 41.5 Å². The standard InChI is InChI=1S/C15H23N/c1-13(2)12-16-11-7-6-10-15-9-5-4-8-14(15)3/h4-6,8-10,13,16H,7,11-12H2,1-3H3. The molecule has 0 heterocycles. The molecular weight excluding hydrogens is 194 g/mol. The second kappa shape index (κ2) is 7.24. The van der Waals surface area contributed by atoms with E-state index in [9.17, 15) is 0 Å². The van der Waals surface area contributed by atoms with Gasteiger partial charge in [-0.2, -0.15) is 0 Å². The highest BCUT2D eigenvalue weighted by Gasteiger charge is 1.92. The van der Waals surface area contributed by atoms with Gasteiger partial charge in [0.15, 0.2) is 0 Å². The Bertz CT molecular complexity index is 326. The lowest BCUT2D eigenvalue weighted by Crippen LogP contribution is -2.20. The van der Waals surface area contributed by atoms with Crippen LogP contribution in [0.4, 0.5) is 0 Å². The van der Waals surface area contributed by atoms with Crippen molar-refractivity contribution in [2.45, 2.75) is 27.2 Å². The molecule has 0 aliphatic heterocycles. The van der Waals surface area contributed by atoms with Crippen molar-refractivity contribution in [2.24, 2.45) is 5.92 Å². The molecule has 16 heavy (non-hydrogen) atoms. The molecular formula is C15H23N. The molecule has 0 atom stereocenters. The fraction of sp³-hybridized carbons (Fsp3) is 0.467. The summed E-state index contributed by atoms with van der Waals surface area (Å²) in [6.07, 6.45) is 5.56. The second-order valence-corrected chi connectivity index (χ2v) is 4.65. The van der Waals surface area contributed by atoms with Crippen LogP contribution < -0.4 is 5.32 Å². The second-order valence-electron chi connectivity index (χ2n) is 4.65. The van der Waals surface area contributed by atoms with Crippen molar-refractivity contribution >= 4 is 6.08 Å². The molecule has 0 saturated heterocycles. The van der Waals surface area contributed by atoms with Crippen LogP contribution in [0.2, 0.25) is 0 Å². The maximum absolute atomic E-state index is 3.43. The van der Waals surface area contributed by atoms with Crippen LogP contribution in [0.5, 0.6) is 0 Å². The van der Waals surface area contributed by atoms with E-state index in [1.54, 1.807) is 0 Å². The first-order valence-corrected chi connectivity index (χ1v) is 6.13. The van der Waals surface area contributed by atoms with Crippen LogP contribution in [-0.2, 0) is 0 Å². The normalized spacial score (nSPS) is 11.5. The van der Waals surface area contributed by atoms with E-state index in [1.165, 1.54) is 11.1 Å². The van der Waals surface area contributed by atoms with Crippen molar-refractivity contribution in [1.29, 1.82) is 0 Å². The molecule has 0 bridgehead atoms. The predicted molar refractivity (Wildman–Crippen MR) is 72.5 cm³/mol. The molecule has 1 rings (SSSR count). The monoisotopic (exact) mass is 217 g/mol. The molecule has 0 spiro atoms. The number of benzene rings is 1. The average molecular weight is 217 g/mol. The SMILES string of the molecule is Cc1ccccc1C=CCCNCC(C)C. The highest BCUT2D eigenvalue weighted by atomic mass is 14.8. The first kappa shape index (κ1) is 13.0. The van der Waals surface area contributed by atoms with Crippen molar-refractivity contribution < 1.29 is 0 Å². The summed E-state index contributed by atoms with van der Waals surface area (Å²) >= 11 is 0. The highest BCUT2D eigenvalue weighted by Crippen LogP contribution is 2.08. The lowest BCUT2D eigenvalue weighted by Gasteiger charge is -2.05. The summed E-state index contributed by atoms with van der Waals surface area (Å²) in [6.45, 7) is 8.79. The van der Waals surface area contributed by atoms with Gasteiger partial charge in [-0.15, -0.1) is 0 Å². The Hall–Kier alpha value is -1.08. The van der Waals surface area contributed by atoms with Crippen LogP contribution in [-0.4, -0.2) is 13.1 Å². The zero-order valence-electron chi connectivity index (χ0n) is 10.7. The Labute approximate surface area is 99.6 Å². The van der Waals surface area contributed by atoms with E-state index in [2.05, 4.69) is 62.5 Å². The van der Waals surface area contributed by atoms with Gasteiger partial charge >= 0.3 is 0 Å². The Morgan fingerprint density at radius 1 is 1.25 bits per heavy atom. The number of hydrogen-bond acceptors (Lipinski definition) is 1. The fourth-order valence-electron chi connectivity index (χ4n) is 1.56. The number of hydrogen-bond donors (Lipinski definition) is 1. The van der Waals surface area contributed by atoms with Crippen LogP contribution in [0, 0.1) is 12.8 Å². The molecule has 0 radical (unpaired) electrons. The molecule has 0 fully saturated rings. The van der Waals surface area contributed by atoms with E-state index < -0.39 is 0 Å². The van der Waals surface area contributed by atoms with Crippen LogP contribution in [0.3, 0.4) is 0 Å². The van der Waals surface area contributed by atoms with Gasteiger partial charge in [0.1, 0.15) is 0 Å². The van der Waals surface area contributed by atoms with E-state index in [-0.39, 0.29) is 0 Å². The summed E-state index contributed by atoms with van der Waals surface area (Å²) < 4.78 is 0. The molecule has 0 aliphatic carbocycles. The summed E-state index contributed by atoms with van der Waals surface area (Å²) in [5, 5.41) is 3.43. The van der Waals surface area contributed by atoms with Crippen LogP contribution in [0.25, 0.3) is 6.08 Å². The Morgan fingerprint density at radius 2 is 2.00 bits per heavy atom. The van der Waals surface area contributed by atoms with E-state index in [0.29, 0.717) is 0 Å². The lowest BCUT2D eigenvalue weighted by molar-refractivity contribution is 0.557. The van der Waals surface area contributed by atoms with Gasteiger partial charge in [0.2, 0.25) is 0 Å². The van der Waals surface area contributed by atoms with Gasteiger partial charge in [0.25, 0.3) is 0 Å². The van der Waals surface area contributed by atoms with Gasteiger partial charge < -0.3 is 5.32 Å². The van der Waals surface area contributed by atoms with E-state index in [0.717, 1.165) is 25.4 Å². The Balaban J connectivity index is 2.25. The maximum Gasteiger partial charge on any atom is -0.00140 e. The Morgan fingerprint density at radius 3 is 2.69 bits per heavy atom. The molecule has 0 saturated carbocycles. The Kier molecular flexibility index (Phi) is 5.87. The quantitative estimate of drug-likeness (QED) is 0.717. The largest absolute Gasteiger partial charge is 0.316 e. The van der Waals surface area contributed by atoms with Gasteiger partial charge in [-0.25, -0.2) is 0 Å². The molecule has 0 unspecified atom stereocenters. The molecule has 1 aromatic carbocycles. The van der Waals surface area contributed by atoms with Gasteiger partial charge in [0, 0.05) is 0 Å². The fourth-order valence-corrected chi connectivity index (χ4v) is 1.56. The molecule has 1 aromatic rings. The molecule has 1 heteroatoms. The van der Waals surface area contributed by atoms with E-state index >= 15 is 0 Å². The summed E-state index contributed by atoms with van der Waals surface area (Å²) in [7, 11) is 0. The van der Waals surface area contributed by atoms with Gasteiger partial charge in [-0.1, -0.05) is 50.3 Å². The third kappa shape index (κ3) is 5.13. The predicted octanol–water partition coefficient (Wildman–Crippen LogP) is 3.64. The van der Waals surface area contributed by atoms with Gasteiger partial charge in [-0.3, -0.25) is 0 Å². The molecule has 1 nitrogen and oxygen atoms in total. The number of aryl methyl sites for hydroxylation is 1. The summed E-state index contributed by atoms with van der Waals surface area (Å²) in [5.41, 5.74) is 2.67. The molecule has 0 aromatic heterocycles. The minimum atomic E-state index is 0.736. The van der Waals surface area contributed by atoms with Crippen molar-refractivity contribution in [1.82, 2.24) is 5.32 Å². The summed E-state index contributed by atoms with van der Waals surface area (Å²) in [6, 6.07) is 8.48. The smallest absolute Gasteiger partial charge is 0.00140 e. The molecule has 0 amide bonds. The zero-order valence-corrected chi connectivity index (χ0v) is 10.7. The maximum atomic E-state index is 3.43. The van der Waals surface area contributed by atoms with Crippen LogP contribution in [0.1, 0.15) is 31.4 Å². The van der Waals surface area contributed by atoms with Crippen LogP contribution >= 0.6 is 0 Å². The van der Waals surface area contributed by atoms with Crippen molar-refractivity contribution in [3.8, 4) is 0 Å². The van der Waals surface area contributed by atoms with Crippen LogP contribution in [0.15, 0.2) is 30.3 Å².